The van der Waals surface area contributed by atoms with Crippen LogP contribution in [0.3, 0.4) is 0 Å². The fourth-order valence-corrected chi connectivity index (χ4v) is 5.81. The number of hydrogen-bond donors (Lipinski definition) is 2. The van der Waals surface area contributed by atoms with Crippen LogP contribution in [0.15, 0.2) is 41.7 Å². The minimum absolute atomic E-state index is 0.0384. The number of imidazole rings is 1. The average molecular weight is 474 g/mol. The summed E-state index contributed by atoms with van der Waals surface area (Å²) in [5.41, 5.74) is 1.74. The van der Waals surface area contributed by atoms with Crippen LogP contribution in [0.4, 0.5) is 11.8 Å². The summed E-state index contributed by atoms with van der Waals surface area (Å²) in [4.78, 5) is 12.2. The molecule has 1 atom stereocenters. The standard InChI is InChI=1S/C23H28ClN5O2S/c1-32(31)20-19-13-25-15-29(19)22(26-21(20)27-23(14-30)9-2-10-23)28-11-7-17(8-12-28)16-3-5-18(24)6-4-16/h3-6,13,15,17,27,30H,2,7-12,14H2,1H3/t32-/m0/s1. The van der Waals surface area contributed by atoms with Crippen molar-refractivity contribution in [2.75, 3.05) is 36.2 Å². The van der Waals surface area contributed by atoms with E-state index in [-0.39, 0.29) is 12.1 Å². The van der Waals surface area contributed by atoms with Crippen LogP contribution in [0.25, 0.3) is 5.52 Å². The highest BCUT2D eigenvalue weighted by atomic mass is 35.5. The van der Waals surface area contributed by atoms with Crippen molar-refractivity contribution in [1.29, 1.82) is 0 Å². The summed E-state index contributed by atoms with van der Waals surface area (Å²) in [6.45, 7) is 1.77. The molecule has 1 saturated heterocycles. The molecule has 3 aromatic rings. The maximum atomic E-state index is 12.7. The lowest BCUT2D eigenvalue weighted by Gasteiger charge is -2.42. The number of hydrogen-bond acceptors (Lipinski definition) is 6. The Morgan fingerprint density at radius 2 is 1.97 bits per heavy atom. The molecule has 0 unspecified atom stereocenters. The number of benzene rings is 1. The fraction of sp³-hybridized carbons (Fsp3) is 0.478. The Kier molecular flexibility index (Phi) is 5.86. The molecule has 170 valence electrons. The lowest BCUT2D eigenvalue weighted by molar-refractivity contribution is 0.143. The summed E-state index contributed by atoms with van der Waals surface area (Å²) < 4.78 is 14.6. The summed E-state index contributed by atoms with van der Waals surface area (Å²) in [5.74, 6) is 1.90. The number of piperidine rings is 1. The van der Waals surface area contributed by atoms with E-state index in [4.69, 9.17) is 16.6 Å². The second kappa shape index (κ2) is 8.65. The van der Waals surface area contributed by atoms with Crippen LogP contribution in [0.2, 0.25) is 5.02 Å². The van der Waals surface area contributed by atoms with Crippen molar-refractivity contribution in [3.63, 3.8) is 0 Å². The highest BCUT2D eigenvalue weighted by molar-refractivity contribution is 7.84. The summed E-state index contributed by atoms with van der Waals surface area (Å²) in [5, 5.41) is 14.2. The Morgan fingerprint density at radius 1 is 1.25 bits per heavy atom. The number of anilines is 2. The first-order chi connectivity index (χ1) is 15.5. The van der Waals surface area contributed by atoms with Crippen molar-refractivity contribution in [3.8, 4) is 0 Å². The van der Waals surface area contributed by atoms with E-state index in [0.29, 0.717) is 16.6 Å². The van der Waals surface area contributed by atoms with Gasteiger partial charge in [-0.3, -0.25) is 8.61 Å². The van der Waals surface area contributed by atoms with Crippen LogP contribution in [-0.4, -0.2) is 55.2 Å². The van der Waals surface area contributed by atoms with E-state index in [1.165, 1.54) is 5.56 Å². The van der Waals surface area contributed by atoms with E-state index >= 15 is 0 Å². The predicted molar refractivity (Wildman–Crippen MR) is 128 cm³/mol. The van der Waals surface area contributed by atoms with Gasteiger partial charge in [0.1, 0.15) is 17.0 Å². The zero-order valence-corrected chi connectivity index (χ0v) is 19.7. The first-order valence-corrected chi connectivity index (χ1v) is 13.0. The maximum Gasteiger partial charge on any atom is 0.213 e. The van der Waals surface area contributed by atoms with Crippen molar-refractivity contribution < 1.29 is 9.32 Å². The first kappa shape index (κ1) is 21.7. The van der Waals surface area contributed by atoms with Crippen molar-refractivity contribution >= 4 is 39.7 Å². The molecule has 1 saturated carbocycles. The molecule has 9 heteroatoms. The van der Waals surface area contributed by atoms with Crippen molar-refractivity contribution in [3.05, 3.63) is 47.4 Å². The number of fused-ring (bicyclic) bond motifs is 1. The molecule has 1 aliphatic heterocycles. The molecule has 2 aromatic heterocycles. The smallest absolute Gasteiger partial charge is 0.213 e. The predicted octanol–water partition coefficient (Wildman–Crippen LogP) is 3.83. The molecule has 0 spiro atoms. The maximum absolute atomic E-state index is 12.7. The molecule has 2 aliphatic rings. The van der Waals surface area contributed by atoms with Gasteiger partial charge in [0.25, 0.3) is 0 Å². The molecule has 5 rings (SSSR count). The van der Waals surface area contributed by atoms with E-state index < -0.39 is 10.8 Å². The Hall–Kier alpha value is -2.16. The Morgan fingerprint density at radius 3 is 2.56 bits per heavy atom. The Labute approximate surface area is 195 Å². The molecule has 3 heterocycles. The van der Waals surface area contributed by atoms with E-state index in [1.54, 1.807) is 18.8 Å². The topological polar surface area (TPSA) is 82.8 Å². The SMILES string of the molecule is C[S@](=O)c1c(NC2(CO)CCC2)nc(N2CCC(c3ccc(Cl)cc3)CC2)n2cncc12. The Balaban J connectivity index is 1.46. The minimum atomic E-state index is -1.25. The van der Waals surface area contributed by atoms with Gasteiger partial charge in [0.2, 0.25) is 5.95 Å². The zero-order valence-electron chi connectivity index (χ0n) is 18.1. The number of nitrogens with zero attached hydrogens (tertiary/aromatic N) is 4. The van der Waals surface area contributed by atoms with Crippen LogP contribution >= 0.6 is 11.6 Å². The summed E-state index contributed by atoms with van der Waals surface area (Å²) in [6, 6.07) is 8.16. The summed E-state index contributed by atoms with van der Waals surface area (Å²) >= 11 is 6.05. The van der Waals surface area contributed by atoms with Gasteiger partial charge < -0.3 is 15.3 Å². The molecule has 7 nitrogen and oxygen atoms in total. The van der Waals surface area contributed by atoms with Crippen LogP contribution in [0, 0.1) is 0 Å². The van der Waals surface area contributed by atoms with E-state index in [1.807, 2.05) is 16.5 Å². The lowest BCUT2D eigenvalue weighted by atomic mass is 9.77. The molecule has 32 heavy (non-hydrogen) atoms. The average Bonchev–Trinajstić information content (AvgIpc) is 3.25. The molecule has 1 aromatic carbocycles. The second-order valence-corrected chi connectivity index (χ2v) is 10.7. The third-order valence-electron chi connectivity index (χ3n) is 6.92. The minimum Gasteiger partial charge on any atom is -0.394 e. The van der Waals surface area contributed by atoms with Crippen molar-refractivity contribution in [2.45, 2.75) is 48.5 Å². The number of rotatable bonds is 6. The van der Waals surface area contributed by atoms with Gasteiger partial charge in [-0.2, -0.15) is 4.98 Å². The fourth-order valence-electron chi connectivity index (χ4n) is 4.86. The summed E-state index contributed by atoms with van der Waals surface area (Å²) in [6.07, 6.45) is 10.0. The van der Waals surface area contributed by atoms with Gasteiger partial charge in [-0.05, 0) is 55.7 Å². The van der Waals surface area contributed by atoms with Gasteiger partial charge in [-0.15, -0.1) is 0 Å². The molecule has 0 radical (unpaired) electrons. The largest absolute Gasteiger partial charge is 0.394 e. The molecule has 2 fully saturated rings. The van der Waals surface area contributed by atoms with E-state index in [2.05, 4.69) is 27.3 Å². The van der Waals surface area contributed by atoms with Crippen LogP contribution in [-0.2, 0) is 10.8 Å². The zero-order chi connectivity index (χ0) is 22.3. The number of aliphatic hydroxyl groups is 1. The number of aromatic nitrogens is 3. The number of nitrogens with one attached hydrogen (secondary N) is 1. The van der Waals surface area contributed by atoms with Crippen LogP contribution < -0.4 is 10.2 Å². The molecule has 2 N–H and O–H groups in total. The van der Waals surface area contributed by atoms with Gasteiger partial charge >= 0.3 is 0 Å². The van der Waals surface area contributed by atoms with E-state index in [0.717, 1.165) is 61.7 Å². The Bertz CT molecular complexity index is 1130. The van der Waals surface area contributed by atoms with Gasteiger partial charge in [0, 0.05) is 24.4 Å². The highest BCUT2D eigenvalue weighted by Crippen LogP contribution is 2.38. The van der Waals surface area contributed by atoms with Crippen LogP contribution in [0.1, 0.15) is 43.6 Å². The lowest BCUT2D eigenvalue weighted by Crippen LogP contribution is -2.49. The molecular formula is C23H28ClN5O2S. The first-order valence-electron chi connectivity index (χ1n) is 11.1. The normalized spacial score (nSPS) is 19.7. The molecular weight excluding hydrogens is 446 g/mol. The second-order valence-electron chi connectivity index (χ2n) is 8.92. The van der Waals surface area contributed by atoms with E-state index in [9.17, 15) is 9.32 Å². The third kappa shape index (κ3) is 3.89. The van der Waals surface area contributed by atoms with Crippen LogP contribution in [0.5, 0.6) is 0 Å². The highest BCUT2D eigenvalue weighted by Gasteiger charge is 2.38. The van der Waals surface area contributed by atoms with Crippen molar-refractivity contribution in [2.24, 2.45) is 0 Å². The molecule has 0 amide bonds. The van der Waals surface area contributed by atoms with Gasteiger partial charge in [0.15, 0.2) is 0 Å². The summed E-state index contributed by atoms with van der Waals surface area (Å²) in [7, 11) is -1.25. The quantitative estimate of drug-likeness (QED) is 0.566. The van der Waals surface area contributed by atoms with Gasteiger partial charge in [-0.25, -0.2) is 4.98 Å². The van der Waals surface area contributed by atoms with Gasteiger partial charge in [0.05, 0.1) is 34.7 Å². The third-order valence-corrected chi connectivity index (χ3v) is 8.15. The number of aliphatic hydroxyl groups excluding tert-OH is 1. The number of halogens is 1. The van der Waals surface area contributed by atoms with Gasteiger partial charge in [-0.1, -0.05) is 23.7 Å². The van der Waals surface area contributed by atoms with Crippen molar-refractivity contribution in [1.82, 2.24) is 14.4 Å². The molecule has 1 aliphatic carbocycles. The monoisotopic (exact) mass is 473 g/mol. The molecule has 0 bridgehead atoms.